The molecule has 2 heterocycles. The van der Waals surface area contributed by atoms with Crippen LogP contribution in [-0.4, -0.2) is 32.7 Å². The zero-order chi connectivity index (χ0) is 13.0. The van der Waals surface area contributed by atoms with Gasteiger partial charge in [0.1, 0.15) is 4.90 Å². The summed E-state index contributed by atoms with van der Waals surface area (Å²) in [6.45, 7) is 1.14. The third-order valence-corrected chi connectivity index (χ3v) is 4.32. The monoisotopic (exact) mass is 272 g/mol. The van der Waals surface area contributed by atoms with Gasteiger partial charge >= 0.3 is 0 Å². The normalized spacial score (nSPS) is 17.6. The molecule has 1 saturated heterocycles. The number of hydrazine groups is 1. The Morgan fingerprint density at radius 1 is 1.39 bits per heavy atom. The maximum Gasteiger partial charge on any atom is 0.244 e. The first-order chi connectivity index (χ1) is 8.63. The molecule has 0 aliphatic carbocycles. The number of nitrogen functional groups attached to an aromatic ring is 1. The van der Waals surface area contributed by atoms with E-state index in [0.29, 0.717) is 31.7 Å². The average molecular weight is 272 g/mol. The van der Waals surface area contributed by atoms with E-state index in [-0.39, 0.29) is 10.9 Å². The highest BCUT2D eigenvalue weighted by Gasteiger charge is 2.24. The molecule has 100 valence electrons. The van der Waals surface area contributed by atoms with Crippen LogP contribution in [0.2, 0.25) is 0 Å². The summed E-state index contributed by atoms with van der Waals surface area (Å²) < 4.78 is 32.2. The van der Waals surface area contributed by atoms with Gasteiger partial charge in [-0.05, 0) is 18.9 Å². The van der Waals surface area contributed by atoms with E-state index in [1.807, 2.05) is 0 Å². The maximum absolute atomic E-state index is 12.2. The van der Waals surface area contributed by atoms with Gasteiger partial charge in [-0.15, -0.1) is 0 Å². The minimum absolute atomic E-state index is 0.0546. The van der Waals surface area contributed by atoms with E-state index >= 15 is 0 Å². The highest BCUT2D eigenvalue weighted by atomic mass is 32.2. The molecule has 0 spiro atoms. The second kappa shape index (κ2) is 5.61. The van der Waals surface area contributed by atoms with Crippen LogP contribution in [0.3, 0.4) is 0 Å². The topological polar surface area (TPSA) is 106 Å². The largest absolute Gasteiger partial charge is 0.381 e. The zero-order valence-corrected chi connectivity index (χ0v) is 10.6. The number of rotatable bonds is 4. The molecule has 1 aliphatic heterocycles. The molecular weight excluding hydrogens is 256 g/mol. The van der Waals surface area contributed by atoms with E-state index in [0.717, 1.165) is 0 Å². The average Bonchev–Trinajstić information content (AvgIpc) is 2.39. The molecular formula is C10H16N4O3S. The summed E-state index contributed by atoms with van der Waals surface area (Å²) in [5.74, 6) is 5.29. The zero-order valence-electron chi connectivity index (χ0n) is 9.80. The fourth-order valence-electron chi connectivity index (χ4n) is 1.81. The quantitative estimate of drug-likeness (QED) is 0.519. The second-order valence-electron chi connectivity index (χ2n) is 4.02. The summed E-state index contributed by atoms with van der Waals surface area (Å²) in [6, 6.07) is 1.41. The lowest BCUT2D eigenvalue weighted by Gasteiger charge is -2.23. The summed E-state index contributed by atoms with van der Waals surface area (Å²) in [4.78, 5) is 3.87. The number of sulfonamides is 1. The first kappa shape index (κ1) is 13.2. The Morgan fingerprint density at radius 2 is 2.11 bits per heavy atom. The number of pyridine rings is 1. The third-order valence-electron chi connectivity index (χ3n) is 2.77. The lowest BCUT2D eigenvalue weighted by Crippen LogP contribution is -2.39. The van der Waals surface area contributed by atoms with Crippen LogP contribution in [0.1, 0.15) is 12.8 Å². The Morgan fingerprint density at radius 3 is 2.78 bits per heavy atom. The molecule has 7 nitrogen and oxygen atoms in total. The number of nitrogens with two attached hydrogens (primary N) is 1. The molecule has 0 bridgehead atoms. The highest BCUT2D eigenvalue weighted by Crippen LogP contribution is 2.19. The number of anilines is 1. The predicted molar refractivity (Wildman–Crippen MR) is 66.2 cm³/mol. The fraction of sp³-hybridized carbons (Fsp3) is 0.500. The Balaban J connectivity index is 2.19. The van der Waals surface area contributed by atoms with Crippen molar-refractivity contribution in [1.82, 2.24) is 9.71 Å². The molecule has 1 aliphatic rings. The Bertz CT molecular complexity index is 500. The van der Waals surface area contributed by atoms with Crippen LogP contribution in [0.15, 0.2) is 23.4 Å². The molecule has 2 rings (SSSR count). The van der Waals surface area contributed by atoms with Gasteiger partial charge in [-0.3, -0.25) is 10.8 Å². The number of hydrogen-bond donors (Lipinski definition) is 3. The van der Waals surface area contributed by atoms with Crippen molar-refractivity contribution in [2.75, 3.05) is 18.6 Å². The minimum Gasteiger partial charge on any atom is -0.381 e. The van der Waals surface area contributed by atoms with E-state index in [1.165, 1.54) is 18.5 Å². The third kappa shape index (κ3) is 2.96. The molecule has 18 heavy (non-hydrogen) atoms. The lowest BCUT2D eigenvalue weighted by molar-refractivity contribution is 0.0832. The van der Waals surface area contributed by atoms with E-state index in [4.69, 9.17) is 10.6 Å². The number of hydrogen-bond acceptors (Lipinski definition) is 6. The first-order valence-electron chi connectivity index (χ1n) is 5.64. The fourth-order valence-corrected chi connectivity index (χ4v) is 3.23. The van der Waals surface area contributed by atoms with Gasteiger partial charge in [0, 0.05) is 31.6 Å². The molecule has 0 aromatic carbocycles. The summed E-state index contributed by atoms with van der Waals surface area (Å²) in [5.41, 5.74) is 2.68. The Kier molecular flexibility index (Phi) is 4.12. The highest BCUT2D eigenvalue weighted by molar-refractivity contribution is 7.89. The summed E-state index contributed by atoms with van der Waals surface area (Å²) in [6.07, 6.45) is 4.09. The van der Waals surface area contributed by atoms with Crippen LogP contribution in [0.25, 0.3) is 0 Å². The predicted octanol–water partition coefficient (Wildman–Crippen LogP) is -0.175. The van der Waals surface area contributed by atoms with Crippen molar-refractivity contribution >= 4 is 15.7 Å². The SMILES string of the molecule is NNc1ccncc1S(=O)(=O)NC1CCOCC1. The molecule has 0 saturated carbocycles. The second-order valence-corrected chi connectivity index (χ2v) is 5.71. The maximum atomic E-state index is 12.2. The van der Waals surface area contributed by atoms with Gasteiger partial charge in [-0.25, -0.2) is 13.1 Å². The molecule has 0 radical (unpaired) electrons. The van der Waals surface area contributed by atoms with E-state index in [9.17, 15) is 8.42 Å². The Hall–Kier alpha value is -1.22. The van der Waals surface area contributed by atoms with E-state index in [1.54, 1.807) is 0 Å². The van der Waals surface area contributed by atoms with Crippen LogP contribution in [0.4, 0.5) is 5.69 Å². The van der Waals surface area contributed by atoms with Crippen molar-refractivity contribution in [2.24, 2.45) is 5.84 Å². The molecule has 0 unspecified atom stereocenters. The summed E-state index contributed by atoms with van der Waals surface area (Å²) >= 11 is 0. The van der Waals surface area contributed by atoms with E-state index < -0.39 is 10.0 Å². The van der Waals surface area contributed by atoms with Crippen LogP contribution in [0, 0.1) is 0 Å². The number of nitrogens with zero attached hydrogens (tertiary/aromatic N) is 1. The molecule has 8 heteroatoms. The minimum atomic E-state index is -3.61. The molecule has 0 atom stereocenters. The van der Waals surface area contributed by atoms with E-state index in [2.05, 4.69) is 15.1 Å². The molecule has 1 aromatic rings. The summed E-state index contributed by atoms with van der Waals surface area (Å²) in [7, 11) is -3.61. The van der Waals surface area contributed by atoms with Gasteiger partial charge in [0.2, 0.25) is 10.0 Å². The molecule has 1 fully saturated rings. The molecule has 4 N–H and O–H groups in total. The van der Waals surface area contributed by atoms with Crippen molar-refractivity contribution in [2.45, 2.75) is 23.8 Å². The number of nitrogens with one attached hydrogen (secondary N) is 2. The molecule has 0 amide bonds. The van der Waals surface area contributed by atoms with Gasteiger partial charge in [-0.1, -0.05) is 0 Å². The van der Waals surface area contributed by atoms with Gasteiger partial charge in [0.25, 0.3) is 0 Å². The smallest absolute Gasteiger partial charge is 0.244 e. The van der Waals surface area contributed by atoms with Crippen molar-refractivity contribution in [1.29, 1.82) is 0 Å². The van der Waals surface area contributed by atoms with Crippen LogP contribution in [0.5, 0.6) is 0 Å². The first-order valence-corrected chi connectivity index (χ1v) is 7.12. The summed E-state index contributed by atoms with van der Waals surface area (Å²) in [5, 5.41) is 0. The van der Waals surface area contributed by atoms with Crippen molar-refractivity contribution in [3.8, 4) is 0 Å². The molecule has 1 aromatic heterocycles. The van der Waals surface area contributed by atoms with Gasteiger partial charge in [-0.2, -0.15) is 0 Å². The van der Waals surface area contributed by atoms with Crippen LogP contribution in [-0.2, 0) is 14.8 Å². The Labute approximate surface area is 106 Å². The number of aromatic nitrogens is 1. The van der Waals surface area contributed by atoms with Crippen LogP contribution >= 0.6 is 0 Å². The van der Waals surface area contributed by atoms with Crippen molar-refractivity contribution < 1.29 is 13.2 Å². The van der Waals surface area contributed by atoms with Gasteiger partial charge < -0.3 is 10.2 Å². The van der Waals surface area contributed by atoms with Crippen molar-refractivity contribution in [3.05, 3.63) is 18.5 Å². The standard InChI is InChI=1S/C10H16N4O3S/c11-13-9-1-4-12-7-10(9)18(15,16)14-8-2-5-17-6-3-8/h1,4,7-8,14H,2-3,5-6,11H2,(H,12,13). The lowest BCUT2D eigenvalue weighted by atomic mass is 10.1. The van der Waals surface area contributed by atoms with Gasteiger partial charge in [0.15, 0.2) is 0 Å². The van der Waals surface area contributed by atoms with Gasteiger partial charge in [0.05, 0.1) is 5.69 Å². The number of ether oxygens (including phenoxy) is 1. The van der Waals surface area contributed by atoms with Crippen molar-refractivity contribution in [3.63, 3.8) is 0 Å². The van der Waals surface area contributed by atoms with Crippen LogP contribution < -0.4 is 16.0 Å².